The fourth-order valence-electron chi connectivity index (χ4n) is 3.14. The fourth-order valence-corrected chi connectivity index (χ4v) is 3.14. The molecule has 1 N–H and O–H groups in total. The van der Waals surface area contributed by atoms with Gasteiger partial charge in [-0.25, -0.2) is 4.68 Å². The Morgan fingerprint density at radius 3 is 2.29 bits per heavy atom. The number of benzene rings is 1. The first kappa shape index (κ1) is 17.0. The van der Waals surface area contributed by atoms with E-state index >= 15 is 0 Å². The molecular formula is C17H20F3N3O. The number of likely N-dealkylation sites (tertiary alicyclic amines) is 1. The van der Waals surface area contributed by atoms with Crippen molar-refractivity contribution < 1.29 is 18.3 Å². The molecule has 0 saturated carbocycles. The molecule has 0 spiro atoms. The lowest BCUT2D eigenvalue weighted by Crippen LogP contribution is -2.18. The van der Waals surface area contributed by atoms with E-state index in [0.717, 1.165) is 25.2 Å². The van der Waals surface area contributed by atoms with Crippen LogP contribution in [-0.2, 0) is 19.3 Å². The predicted molar refractivity (Wildman–Crippen MR) is 83.7 cm³/mol. The van der Waals surface area contributed by atoms with E-state index in [1.165, 1.54) is 24.4 Å². The van der Waals surface area contributed by atoms with Gasteiger partial charge in [-0.2, -0.15) is 18.3 Å². The highest BCUT2D eigenvalue weighted by Gasteiger charge is 2.37. The lowest BCUT2D eigenvalue weighted by Gasteiger charge is -2.15. The number of halogens is 3. The standard InChI is InChI=1S/C17H20F3N3O/c1-12-15(11-24)23(21-16(12)17(18,19)20)14-6-4-13(5-7-14)10-22-8-2-3-9-22/h4-7,24H,2-3,8-11H2,1H3. The van der Waals surface area contributed by atoms with Crippen LogP contribution in [-0.4, -0.2) is 32.9 Å². The molecule has 1 fully saturated rings. The number of aliphatic hydroxyl groups is 1. The zero-order valence-electron chi connectivity index (χ0n) is 13.5. The van der Waals surface area contributed by atoms with Crippen LogP contribution < -0.4 is 0 Å². The van der Waals surface area contributed by atoms with Gasteiger partial charge in [0.25, 0.3) is 0 Å². The van der Waals surface area contributed by atoms with E-state index in [4.69, 9.17) is 0 Å². The Morgan fingerprint density at radius 1 is 1.12 bits per heavy atom. The molecule has 0 aliphatic carbocycles. The van der Waals surface area contributed by atoms with Gasteiger partial charge in [-0.15, -0.1) is 0 Å². The van der Waals surface area contributed by atoms with Crippen LogP contribution in [0.4, 0.5) is 13.2 Å². The summed E-state index contributed by atoms with van der Waals surface area (Å²) < 4.78 is 40.2. The molecule has 0 bridgehead atoms. The van der Waals surface area contributed by atoms with E-state index in [1.54, 1.807) is 12.1 Å². The van der Waals surface area contributed by atoms with Gasteiger partial charge in [-0.1, -0.05) is 12.1 Å². The lowest BCUT2D eigenvalue weighted by molar-refractivity contribution is -0.141. The topological polar surface area (TPSA) is 41.3 Å². The zero-order chi connectivity index (χ0) is 17.3. The number of rotatable bonds is 4. The van der Waals surface area contributed by atoms with Gasteiger partial charge in [0.2, 0.25) is 0 Å². The Balaban J connectivity index is 1.88. The summed E-state index contributed by atoms with van der Waals surface area (Å²) in [6, 6.07) is 7.30. The summed E-state index contributed by atoms with van der Waals surface area (Å²) in [5, 5.41) is 13.1. The molecule has 2 aromatic rings. The van der Waals surface area contributed by atoms with Crippen LogP contribution >= 0.6 is 0 Å². The summed E-state index contributed by atoms with van der Waals surface area (Å²) in [6.45, 7) is 3.86. The third kappa shape index (κ3) is 3.32. The first-order chi connectivity index (χ1) is 11.4. The Hall–Kier alpha value is -1.86. The van der Waals surface area contributed by atoms with Crippen LogP contribution in [0.1, 0.15) is 35.4 Å². The molecule has 3 rings (SSSR count). The second kappa shape index (κ2) is 6.57. The van der Waals surface area contributed by atoms with Crippen LogP contribution in [0.25, 0.3) is 5.69 Å². The lowest BCUT2D eigenvalue weighted by atomic mass is 10.2. The summed E-state index contributed by atoms with van der Waals surface area (Å²) >= 11 is 0. The van der Waals surface area contributed by atoms with Gasteiger partial charge in [0, 0.05) is 12.1 Å². The Labute approximate surface area is 138 Å². The van der Waals surface area contributed by atoms with Gasteiger partial charge in [0.05, 0.1) is 18.0 Å². The van der Waals surface area contributed by atoms with Gasteiger partial charge in [-0.05, 0) is 50.6 Å². The van der Waals surface area contributed by atoms with Crippen LogP contribution in [0.3, 0.4) is 0 Å². The van der Waals surface area contributed by atoms with E-state index in [-0.39, 0.29) is 11.3 Å². The van der Waals surface area contributed by atoms with E-state index in [2.05, 4.69) is 10.00 Å². The predicted octanol–water partition coefficient (Wildman–Crippen LogP) is 3.29. The summed E-state index contributed by atoms with van der Waals surface area (Å²) in [5.74, 6) is 0. The second-order valence-electron chi connectivity index (χ2n) is 6.14. The maximum atomic E-state index is 13.0. The number of hydrogen-bond donors (Lipinski definition) is 1. The van der Waals surface area contributed by atoms with Crippen molar-refractivity contribution in [1.29, 1.82) is 0 Å². The molecule has 0 unspecified atom stereocenters. The minimum atomic E-state index is -4.53. The molecule has 24 heavy (non-hydrogen) atoms. The quantitative estimate of drug-likeness (QED) is 0.929. The Kier molecular flexibility index (Phi) is 4.64. The van der Waals surface area contributed by atoms with Crippen molar-refractivity contribution in [3.8, 4) is 5.69 Å². The number of nitrogens with zero attached hydrogens (tertiary/aromatic N) is 3. The van der Waals surface area contributed by atoms with E-state index < -0.39 is 18.5 Å². The van der Waals surface area contributed by atoms with Crippen molar-refractivity contribution >= 4 is 0 Å². The molecule has 2 heterocycles. The third-order valence-corrected chi connectivity index (χ3v) is 4.45. The maximum Gasteiger partial charge on any atom is 0.435 e. The number of hydrogen-bond acceptors (Lipinski definition) is 3. The van der Waals surface area contributed by atoms with E-state index in [9.17, 15) is 18.3 Å². The van der Waals surface area contributed by atoms with E-state index in [1.807, 2.05) is 12.1 Å². The minimum Gasteiger partial charge on any atom is -0.390 e. The molecule has 1 saturated heterocycles. The van der Waals surface area contributed by atoms with Crippen molar-refractivity contribution in [2.45, 2.75) is 39.1 Å². The molecule has 1 aliphatic rings. The molecule has 1 aromatic heterocycles. The van der Waals surface area contributed by atoms with Crippen molar-refractivity contribution in [1.82, 2.24) is 14.7 Å². The number of aliphatic hydroxyl groups excluding tert-OH is 1. The summed E-state index contributed by atoms with van der Waals surface area (Å²) in [7, 11) is 0. The molecule has 4 nitrogen and oxygen atoms in total. The normalized spacial score (nSPS) is 16.0. The minimum absolute atomic E-state index is 0.0360. The molecule has 1 aliphatic heterocycles. The molecule has 130 valence electrons. The third-order valence-electron chi connectivity index (χ3n) is 4.45. The molecular weight excluding hydrogens is 319 g/mol. The van der Waals surface area contributed by atoms with Gasteiger partial charge in [-0.3, -0.25) is 4.90 Å². The molecule has 1 aromatic carbocycles. The average molecular weight is 339 g/mol. The molecule has 0 atom stereocenters. The van der Waals surface area contributed by atoms with Crippen LogP contribution in [0.2, 0.25) is 0 Å². The fraction of sp³-hybridized carbons (Fsp3) is 0.471. The highest BCUT2D eigenvalue weighted by atomic mass is 19.4. The average Bonchev–Trinajstić information content (AvgIpc) is 3.15. The molecule has 0 amide bonds. The summed E-state index contributed by atoms with van der Waals surface area (Å²) in [6.07, 6.45) is -2.11. The monoisotopic (exact) mass is 339 g/mol. The number of alkyl halides is 3. The first-order valence-electron chi connectivity index (χ1n) is 7.98. The van der Waals surface area contributed by atoms with Crippen LogP contribution in [0, 0.1) is 6.92 Å². The van der Waals surface area contributed by atoms with Gasteiger partial charge >= 0.3 is 6.18 Å². The van der Waals surface area contributed by atoms with Gasteiger partial charge < -0.3 is 5.11 Å². The maximum absolute atomic E-state index is 13.0. The van der Waals surface area contributed by atoms with Crippen molar-refractivity contribution in [3.05, 3.63) is 46.8 Å². The molecule has 7 heteroatoms. The highest BCUT2D eigenvalue weighted by Crippen LogP contribution is 2.33. The smallest absolute Gasteiger partial charge is 0.390 e. The van der Waals surface area contributed by atoms with Crippen molar-refractivity contribution in [2.24, 2.45) is 0 Å². The Morgan fingerprint density at radius 2 is 1.75 bits per heavy atom. The Bertz CT molecular complexity index is 701. The van der Waals surface area contributed by atoms with E-state index in [0.29, 0.717) is 5.69 Å². The van der Waals surface area contributed by atoms with Crippen LogP contribution in [0.15, 0.2) is 24.3 Å². The van der Waals surface area contributed by atoms with Gasteiger partial charge in [0.15, 0.2) is 5.69 Å². The molecule has 0 radical (unpaired) electrons. The van der Waals surface area contributed by atoms with Gasteiger partial charge in [0.1, 0.15) is 0 Å². The SMILES string of the molecule is Cc1c(C(F)(F)F)nn(-c2ccc(CN3CCCC3)cc2)c1CO. The summed E-state index contributed by atoms with van der Waals surface area (Å²) in [5.41, 5.74) is 0.808. The van der Waals surface area contributed by atoms with Crippen LogP contribution in [0.5, 0.6) is 0 Å². The number of aromatic nitrogens is 2. The second-order valence-corrected chi connectivity index (χ2v) is 6.14. The first-order valence-corrected chi connectivity index (χ1v) is 7.98. The van der Waals surface area contributed by atoms with Crippen molar-refractivity contribution in [3.63, 3.8) is 0 Å². The largest absolute Gasteiger partial charge is 0.435 e. The zero-order valence-corrected chi connectivity index (χ0v) is 13.5. The summed E-state index contributed by atoms with van der Waals surface area (Å²) in [4.78, 5) is 2.36. The van der Waals surface area contributed by atoms with Crippen molar-refractivity contribution in [2.75, 3.05) is 13.1 Å². The highest BCUT2D eigenvalue weighted by molar-refractivity contribution is 5.39.